The summed E-state index contributed by atoms with van der Waals surface area (Å²) in [6.07, 6.45) is 0.950. The van der Waals surface area contributed by atoms with Gasteiger partial charge < -0.3 is 5.11 Å². The van der Waals surface area contributed by atoms with Crippen molar-refractivity contribution in [2.24, 2.45) is 0 Å². The van der Waals surface area contributed by atoms with Crippen LogP contribution in [0.3, 0.4) is 0 Å². The van der Waals surface area contributed by atoms with E-state index in [2.05, 4.69) is 15.9 Å². The summed E-state index contributed by atoms with van der Waals surface area (Å²) < 4.78 is 0.923. The van der Waals surface area contributed by atoms with Gasteiger partial charge in [0, 0.05) is 16.6 Å². The number of anilines is 1. The molecule has 2 aromatic rings. The predicted octanol–water partition coefficient (Wildman–Crippen LogP) is 3.55. The highest BCUT2D eigenvalue weighted by molar-refractivity contribution is 9.10. The lowest BCUT2D eigenvalue weighted by atomic mass is 9.96. The van der Waals surface area contributed by atoms with Crippen LogP contribution in [-0.2, 0) is 16.0 Å². The third kappa shape index (κ3) is 2.64. The van der Waals surface area contributed by atoms with Crippen LogP contribution in [0.5, 0.6) is 0 Å². The molecule has 0 aromatic heterocycles. The molecule has 3 rings (SSSR count). The molecule has 1 aliphatic heterocycles. The van der Waals surface area contributed by atoms with Crippen molar-refractivity contribution in [2.75, 3.05) is 4.90 Å². The van der Waals surface area contributed by atoms with Gasteiger partial charge in [-0.25, -0.2) is 4.79 Å². The Balaban J connectivity index is 2.12. The van der Waals surface area contributed by atoms with Gasteiger partial charge in [-0.3, -0.25) is 9.69 Å². The third-order valence-corrected chi connectivity index (χ3v) is 4.28. The van der Waals surface area contributed by atoms with E-state index in [0.717, 1.165) is 10.0 Å². The summed E-state index contributed by atoms with van der Waals surface area (Å²) in [6.45, 7) is 0. The maximum atomic E-state index is 12.4. The molecule has 22 heavy (non-hydrogen) atoms. The van der Waals surface area contributed by atoms with Crippen molar-refractivity contribution >= 4 is 33.5 Å². The average Bonchev–Trinajstić information content (AvgIpc) is 2.50. The normalized spacial score (nSPS) is 15.3. The van der Waals surface area contributed by atoms with Crippen molar-refractivity contribution in [1.82, 2.24) is 0 Å². The van der Waals surface area contributed by atoms with Crippen molar-refractivity contribution < 1.29 is 14.7 Å². The Labute approximate surface area is 136 Å². The van der Waals surface area contributed by atoms with Gasteiger partial charge in [0.1, 0.15) is 0 Å². The minimum absolute atomic E-state index is 0.161. The first-order chi connectivity index (χ1) is 10.6. The van der Waals surface area contributed by atoms with Crippen LogP contribution in [-0.4, -0.2) is 17.0 Å². The largest absolute Gasteiger partial charge is 0.479 e. The summed E-state index contributed by atoms with van der Waals surface area (Å²) in [7, 11) is 0. The zero-order valence-electron chi connectivity index (χ0n) is 11.7. The number of benzene rings is 2. The Bertz CT molecular complexity index is 730. The van der Waals surface area contributed by atoms with E-state index in [1.165, 1.54) is 4.90 Å². The van der Waals surface area contributed by atoms with Gasteiger partial charge in [0.2, 0.25) is 5.91 Å². The monoisotopic (exact) mass is 359 g/mol. The molecule has 1 amide bonds. The number of halogens is 1. The molecule has 1 unspecified atom stereocenters. The van der Waals surface area contributed by atoms with Crippen molar-refractivity contribution in [3.8, 4) is 0 Å². The Kier molecular flexibility index (Phi) is 3.98. The topological polar surface area (TPSA) is 57.6 Å². The number of aliphatic carboxylic acids is 1. The number of carbonyl (C=O) groups is 2. The molecule has 4 nitrogen and oxygen atoms in total. The molecule has 0 saturated heterocycles. The second-order valence-electron chi connectivity index (χ2n) is 5.19. The first kappa shape index (κ1) is 14.8. The Morgan fingerprint density at radius 1 is 1.14 bits per heavy atom. The average molecular weight is 360 g/mol. The number of hydrogen-bond donors (Lipinski definition) is 1. The molecule has 0 spiro atoms. The second-order valence-corrected chi connectivity index (χ2v) is 6.10. The highest BCUT2D eigenvalue weighted by atomic mass is 79.9. The molecule has 112 valence electrons. The van der Waals surface area contributed by atoms with Crippen LogP contribution in [0.2, 0.25) is 0 Å². The number of carboxylic acids is 1. The van der Waals surface area contributed by atoms with Crippen molar-refractivity contribution in [3.63, 3.8) is 0 Å². The lowest BCUT2D eigenvalue weighted by Gasteiger charge is -2.34. The summed E-state index contributed by atoms with van der Waals surface area (Å²) in [5.74, 6) is -1.19. The maximum absolute atomic E-state index is 12.4. The fraction of sp³-hybridized carbons (Fsp3) is 0.176. The Hall–Kier alpha value is -2.14. The fourth-order valence-electron chi connectivity index (χ4n) is 2.81. The van der Waals surface area contributed by atoms with Crippen LogP contribution in [0.4, 0.5) is 5.69 Å². The van der Waals surface area contributed by atoms with Crippen LogP contribution in [0.15, 0.2) is 53.0 Å². The zero-order valence-corrected chi connectivity index (χ0v) is 13.3. The van der Waals surface area contributed by atoms with E-state index in [9.17, 15) is 14.7 Å². The van der Waals surface area contributed by atoms with E-state index in [4.69, 9.17) is 0 Å². The summed E-state index contributed by atoms with van der Waals surface area (Å²) in [6, 6.07) is 13.4. The van der Waals surface area contributed by atoms with Gasteiger partial charge >= 0.3 is 5.97 Å². The number of aryl methyl sites for hydroxylation is 1. The Morgan fingerprint density at radius 2 is 1.86 bits per heavy atom. The molecular formula is C17H14BrNO3. The number of amides is 1. The smallest absolute Gasteiger partial charge is 0.331 e. The van der Waals surface area contributed by atoms with E-state index in [1.54, 1.807) is 30.3 Å². The van der Waals surface area contributed by atoms with E-state index in [0.29, 0.717) is 24.1 Å². The molecule has 0 bridgehead atoms. The van der Waals surface area contributed by atoms with E-state index in [1.807, 2.05) is 18.2 Å². The van der Waals surface area contributed by atoms with Gasteiger partial charge in [-0.2, -0.15) is 0 Å². The number of carboxylic acid groups (broad SMARTS) is 1. The number of fused-ring (bicyclic) bond motifs is 1. The van der Waals surface area contributed by atoms with Crippen LogP contribution in [0, 0.1) is 0 Å². The number of rotatable bonds is 3. The SMILES string of the molecule is O=C(O)C(c1ccccc1)N1C(=O)CCc2cc(Br)ccc21. The molecule has 2 aromatic carbocycles. The molecule has 5 heteroatoms. The third-order valence-electron chi connectivity index (χ3n) is 3.79. The van der Waals surface area contributed by atoms with E-state index >= 15 is 0 Å². The van der Waals surface area contributed by atoms with Crippen molar-refractivity contribution in [1.29, 1.82) is 0 Å². The minimum Gasteiger partial charge on any atom is -0.479 e. The fourth-order valence-corrected chi connectivity index (χ4v) is 3.21. The Morgan fingerprint density at radius 3 is 2.55 bits per heavy atom. The standard InChI is InChI=1S/C17H14BrNO3/c18-13-7-8-14-12(10-13)6-9-15(20)19(14)16(17(21)22)11-4-2-1-3-5-11/h1-5,7-8,10,16H,6,9H2,(H,21,22). The van der Waals surface area contributed by atoms with Gasteiger partial charge in [0.05, 0.1) is 0 Å². The van der Waals surface area contributed by atoms with Crippen LogP contribution >= 0.6 is 15.9 Å². The summed E-state index contributed by atoms with van der Waals surface area (Å²) in [4.78, 5) is 25.6. The van der Waals surface area contributed by atoms with E-state index < -0.39 is 12.0 Å². The van der Waals surface area contributed by atoms with E-state index in [-0.39, 0.29) is 5.91 Å². The highest BCUT2D eigenvalue weighted by Crippen LogP contribution is 2.36. The molecule has 0 fully saturated rings. The number of nitrogens with zero attached hydrogens (tertiary/aromatic N) is 1. The molecular weight excluding hydrogens is 346 g/mol. The lowest BCUT2D eigenvalue weighted by molar-refractivity contribution is -0.140. The minimum atomic E-state index is -1.03. The molecule has 1 atom stereocenters. The van der Waals surface area contributed by atoms with Gasteiger partial charge in [0.25, 0.3) is 0 Å². The quantitative estimate of drug-likeness (QED) is 0.911. The molecule has 0 saturated carbocycles. The molecule has 1 N–H and O–H groups in total. The van der Waals surface area contributed by atoms with Crippen LogP contribution in [0.1, 0.15) is 23.6 Å². The lowest BCUT2D eigenvalue weighted by Crippen LogP contribution is -2.41. The first-order valence-electron chi connectivity index (χ1n) is 6.96. The maximum Gasteiger partial charge on any atom is 0.331 e. The van der Waals surface area contributed by atoms with Crippen molar-refractivity contribution in [3.05, 3.63) is 64.1 Å². The summed E-state index contributed by atoms with van der Waals surface area (Å²) >= 11 is 3.42. The molecule has 0 aliphatic carbocycles. The van der Waals surface area contributed by atoms with Gasteiger partial charge in [-0.1, -0.05) is 46.3 Å². The molecule has 0 radical (unpaired) electrons. The summed E-state index contributed by atoms with van der Waals surface area (Å²) in [5.41, 5.74) is 2.26. The van der Waals surface area contributed by atoms with Gasteiger partial charge in [0.15, 0.2) is 6.04 Å². The first-order valence-corrected chi connectivity index (χ1v) is 7.75. The zero-order chi connectivity index (χ0) is 15.7. The second kappa shape index (κ2) is 5.93. The molecule has 1 heterocycles. The predicted molar refractivity (Wildman–Crippen MR) is 86.8 cm³/mol. The summed E-state index contributed by atoms with van der Waals surface area (Å²) in [5, 5.41) is 9.67. The number of hydrogen-bond acceptors (Lipinski definition) is 2. The van der Waals surface area contributed by atoms with Gasteiger partial charge in [-0.05, 0) is 35.7 Å². The van der Waals surface area contributed by atoms with Crippen LogP contribution in [0.25, 0.3) is 0 Å². The number of carbonyl (C=O) groups excluding carboxylic acids is 1. The molecule has 1 aliphatic rings. The van der Waals surface area contributed by atoms with Crippen molar-refractivity contribution in [2.45, 2.75) is 18.9 Å². The van der Waals surface area contributed by atoms with Gasteiger partial charge in [-0.15, -0.1) is 0 Å². The highest BCUT2D eigenvalue weighted by Gasteiger charge is 2.35. The van der Waals surface area contributed by atoms with Crippen LogP contribution < -0.4 is 4.90 Å².